The molecule has 1 aliphatic heterocycles. The van der Waals surface area contributed by atoms with Gasteiger partial charge in [0.05, 0.1) is 5.92 Å². The zero-order valence-corrected chi connectivity index (χ0v) is 13.2. The van der Waals surface area contributed by atoms with Crippen LogP contribution in [0.15, 0.2) is 18.2 Å². The summed E-state index contributed by atoms with van der Waals surface area (Å²) in [4.78, 5) is 26.0. The fourth-order valence-corrected chi connectivity index (χ4v) is 2.65. The highest BCUT2D eigenvalue weighted by atomic mass is 35.5. The van der Waals surface area contributed by atoms with Crippen LogP contribution in [0.2, 0.25) is 5.02 Å². The van der Waals surface area contributed by atoms with Crippen LogP contribution in [0.5, 0.6) is 0 Å². The number of nitrogens with zero attached hydrogens (tertiary/aromatic N) is 1. The Labute approximate surface area is 130 Å². The van der Waals surface area contributed by atoms with Crippen LogP contribution in [-0.4, -0.2) is 29.8 Å². The van der Waals surface area contributed by atoms with E-state index < -0.39 is 0 Å². The minimum atomic E-state index is -0.271. The van der Waals surface area contributed by atoms with Crippen LogP contribution in [0.4, 0.5) is 5.69 Å². The number of hydrogen-bond acceptors (Lipinski definition) is 2. The summed E-state index contributed by atoms with van der Waals surface area (Å²) >= 11 is 5.95. The smallest absolute Gasteiger partial charge is 0.229 e. The number of carbonyl (C=O) groups is 2. The van der Waals surface area contributed by atoms with Gasteiger partial charge in [0.15, 0.2) is 0 Å². The average molecular weight is 309 g/mol. The Morgan fingerprint density at radius 1 is 1.48 bits per heavy atom. The van der Waals surface area contributed by atoms with Crippen LogP contribution < -0.4 is 5.32 Å². The van der Waals surface area contributed by atoms with E-state index >= 15 is 0 Å². The quantitative estimate of drug-likeness (QED) is 0.908. The summed E-state index contributed by atoms with van der Waals surface area (Å²) in [5.41, 5.74) is 1.67. The van der Waals surface area contributed by atoms with Crippen molar-refractivity contribution in [3.63, 3.8) is 0 Å². The van der Waals surface area contributed by atoms with Gasteiger partial charge in [-0.2, -0.15) is 0 Å². The van der Waals surface area contributed by atoms with Crippen LogP contribution in [-0.2, 0) is 9.59 Å². The van der Waals surface area contributed by atoms with E-state index in [4.69, 9.17) is 11.6 Å². The molecule has 1 aliphatic rings. The van der Waals surface area contributed by atoms with Gasteiger partial charge in [-0.15, -0.1) is 0 Å². The summed E-state index contributed by atoms with van der Waals surface area (Å²) < 4.78 is 0. The number of hydrogen-bond donors (Lipinski definition) is 1. The van der Waals surface area contributed by atoms with E-state index in [2.05, 4.69) is 12.2 Å². The Hall–Kier alpha value is -1.55. The molecule has 0 saturated carbocycles. The number of aryl methyl sites for hydroxylation is 1. The molecule has 2 amide bonds. The maximum absolute atomic E-state index is 12.3. The van der Waals surface area contributed by atoms with Crippen LogP contribution in [0.25, 0.3) is 0 Å². The van der Waals surface area contributed by atoms with Gasteiger partial charge in [-0.05, 0) is 31.0 Å². The molecule has 0 spiro atoms. The van der Waals surface area contributed by atoms with Gasteiger partial charge in [0.25, 0.3) is 0 Å². The fourth-order valence-electron chi connectivity index (χ4n) is 2.48. The number of likely N-dealkylation sites (tertiary alicyclic amines) is 1. The molecule has 1 aromatic carbocycles. The standard InChI is InChI=1S/C16H21ClN2O2/c1-3-4-7-19-10-12(8-15(19)20)16(21)18-14-9-13(17)6-5-11(14)2/h5-6,9,12H,3-4,7-8,10H2,1-2H3,(H,18,21). The molecule has 21 heavy (non-hydrogen) atoms. The summed E-state index contributed by atoms with van der Waals surface area (Å²) in [6.45, 7) is 5.27. The van der Waals surface area contributed by atoms with Crippen molar-refractivity contribution in [2.24, 2.45) is 5.92 Å². The van der Waals surface area contributed by atoms with Crippen molar-refractivity contribution in [1.29, 1.82) is 0 Å². The highest BCUT2D eigenvalue weighted by Crippen LogP contribution is 2.24. The molecule has 0 bridgehead atoms. The van der Waals surface area contributed by atoms with Crippen LogP contribution in [0, 0.1) is 12.8 Å². The van der Waals surface area contributed by atoms with Gasteiger partial charge < -0.3 is 10.2 Å². The molecule has 114 valence electrons. The summed E-state index contributed by atoms with van der Waals surface area (Å²) in [5, 5.41) is 3.47. The molecule has 1 fully saturated rings. The maximum Gasteiger partial charge on any atom is 0.229 e. The molecule has 0 aliphatic carbocycles. The molecule has 1 saturated heterocycles. The van der Waals surface area contributed by atoms with Crippen molar-refractivity contribution >= 4 is 29.1 Å². The number of anilines is 1. The molecule has 1 N–H and O–H groups in total. The largest absolute Gasteiger partial charge is 0.342 e. The molecule has 4 nitrogen and oxygen atoms in total. The molecular weight excluding hydrogens is 288 g/mol. The van der Waals surface area contributed by atoms with Crippen molar-refractivity contribution < 1.29 is 9.59 Å². The van der Waals surface area contributed by atoms with Gasteiger partial charge in [0.1, 0.15) is 0 Å². The van der Waals surface area contributed by atoms with E-state index in [0.717, 1.165) is 24.9 Å². The summed E-state index contributed by atoms with van der Waals surface area (Å²) in [7, 11) is 0. The van der Waals surface area contributed by atoms with E-state index in [0.29, 0.717) is 23.7 Å². The number of amides is 2. The van der Waals surface area contributed by atoms with Crippen LogP contribution >= 0.6 is 11.6 Å². The molecule has 1 aromatic rings. The second-order valence-electron chi connectivity index (χ2n) is 5.54. The predicted molar refractivity (Wildman–Crippen MR) is 84.4 cm³/mol. The van der Waals surface area contributed by atoms with Gasteiger partial charge >= 0.3 is 0 Å². The first kappa shape index (κ1) is 15.8. The van der Waals surface area contributed by atoms with E-state index in [1.54, 1.807) is 17.0 Å². The minimum Gasteiger partial charge on any atom is -0.342 e. The molecule has 0 radical (unpaired) electrons. The lowest BCUT2D eigenvalue weighted by Gasteiger charge is -2.16. The third kappa shape index (κ3) is 3.97. The summed E-state index contributed by atoms with van der Waals surface area (Å²) in [6.07, 6.45) is 2.32. The van der Waals surface area contributed by atoms with Gasteiger partial charge in [0, 0.05) is 30.2 Å². The van der Waals surface area contributed by atoms with Crippen molar-refractivity contribution in [1.82, 2.24) is 4.90 Å². The molecule has 0 aromatic heterocycles. The SMILES string of the molecule is CCCCN1CC(C(=O)Nc2cc(Cl)ccc2C)CC1=O. The first-order chi connectivity index (χ1) is 10.0. The Bertz CT molecular complexity index is 545. The van der Waals surface area contributed by atoms with E-state index in [1.165, 1.54) is 0 Å². The Kier molecular flexibility index (Phi) is 5.23. The lowest BCUT2D eigenvalue weighted by Crippen LogP contribution is -2.29. The third-order valence-corrected chi connectivity index (χ3v) is 4.06. The second kappa shape index (κ2) is 6.94. The van der Waals surface area contributed by atoms with Gasteiger partial charge in [-0.25, -0.2) is 0 Å². The molecule has 2 rings (SSSR count). The normalized spacial score (nSPS) is 18.1. The zero-order chi connectivity index (χ0) is 15.4. The lowest BCUT2D eigenvalue weighted by atomic mass is 10.1. The topological polar surface area (TPSA) is 49.4 Å². The van der Waals surface area contributed by atoms with Crippen LogP contribution in [0.3, 0.4) is 0 Å². The first-order valence-electron chi connectivity index (χ1n) is 7.36. The number of carbonyl (C=O) groups excluding carboxylic acids is 2. The average Bonchev–Trinajstić information content (AvgIpc) is 2.82. The Morgan fingerprint density at radius 2 is 2.24 bits per heavy atom. The minimum absolute atomic E-state index is 0.0754. The van der Waals surface area contributed by atoms with Crippen molar-refractivity contribution in [2.45, 2.75) is 33.1 Å². The second-order valence-corrected chi connectivity index (χ2v) is 5.98. The summed E-state index contributed by atoms with van der Waals surface area (Å²) in [6, 6.07) is 5.39. The first-order valence-corrected chi connectivity index (χ1v) is 7.74. The molecule has 1 atom stereocenters. The monoisotopic (exact) mass is 308 g/mol. The number of unbranched alkanes of at least 4 members (excludes halogenated alkanes) is 1. The number of rotatable bonds is 5. The lowest BCUT2D eigenvalue weighted by molar-refractivity contribution is -0.128. The third-order valence-electron chi connectivity index (χ3n) is 3.82. The molecule has 5 heteroatoms. The fraction of sp³-hybridized carbons (Fsp3) is 0.500. The zero-order valence-electron chi connectivity index (χ0n) is 12.5. The van der Waals surface area contributed by atoms with Crippen LogP contribution in [0.1, 0.15) is 31.7 Å². The van der Waals surface area contributed by atoms with Crippen molar-refractivity contribution in [3.05, 3.63) is 28.8 Å². The van der Waals surface area contributed by atoms with Gasteiger partial charge in [-0.1, -0.05) is 31.0 Å². The van der Waals surface area contributed by atoms with E-state index in [9.17, 15) is 9.59 Å². The molecule has 1 heterocycles. The summed E-state index contributed by atoms with van der Waals surface area (Å²) in [5.74, 6) is -0.299. The number of nitrogens with one attached hydrogen (secondary N) is 1. The van der Waals surface area contributed by atoms with Crippen molar-refractivity contribution in [3.8, 4) is 0 Å². The maximum atomic E-state index is 12.3. The highest BCUT2D eigenvalue weighted by Gasteiger charge is 2.33. The van der Waals surface area contributed by atoms with E-state index in [1.807, 2.05) is 13.0 Å². The highest BCUT2D eigenvalue weighted by molar-refractivity contribution is 6.31. The van der Waals surface area contributed by atoms with Gasteiger partial charge in [-0.3, -0.25) is 9.59 Å². The van der Waals surface area contributed by atoms with E-state index in [-0.39, 0.29) is 17.7 Å². The Morgan fingerprint density at radius 3 is 2.95 bits per heavy atom. The predicted octanol–water partition coefficient (Wildman–Crippen LogP) is 3.24. The number of halogens is 1. The van der Waals surface area contributed by atoms with Gasteiger partial charge in [0.2, 0.25) is 11.8 Å². The molecule has 1 unspecified atom stereocenters. The molecular formula is C16H21ClN2O2. The Balaban J connectivity index is 1.98. The number of benzene rings is 1. The van der Waals surface area contributed by atoms with Crippen molar-refractivity contribution in [2.75, 3.05) is 18.4 Å².